The van der Waals surface area contributed by atoms with Crippen LogP contribution in [-0.4, -0.2) is 25.6 Å². The number of carbonyl (C=O) groups excluding carboxylic acids is 1. The summed E-state index contributed by atoms with van der Waals surface area (Å²) in [5.41, 5.74) is 6.76. The van der Waals surface area contributed by atoms with Gasteiger partial charge in [-0.25, -0.2) is 0 Å². The Labute approximate surface area is 185 Å². The summed E-state index contributed by atoms with van der Waals surface area (Å²) in [5, 5.41) is 14.0. The lowest BCUT2D eigenvalue weighted by Crippen LogP contribution is -2.10. The zero-order valence-electron chi connectivity index (χ0n) is 17.2. The first-order valence-corrected chi connectivity index (χ1v) is 10.6. The molecule has 4 rings (SSSR count). The van der Waals surface area contributed by atoms with Crippen LogP contribution in [0.15, 0.2) is 95.2 Å². The Morgan fingerprint density at radius 3 is 2.19 bits per heavy atom. The summed E-state index contributed by atoms with van der Waals surface area (Å²) in [6.45, 7) is 3.51. The maximum atomic E-state index is 12.3. The first kappa shape index (κ1) is 20.6. The minimum atomic E-state index is -0.159. The largest absolute Gasteiger partial charge is 0.292 e. The van der Waals surface area contributed by atoms with Crippen LogP contribution < -0.4 is 5.43 Å². The number of rotatable bonds is 6. The standard InChI is InChI=1S/C24H21N5OS/c1-17-13-15-20(16-14-17)25-27-23(18(2)30)31-24-28-26-22(19-9-5-3-6-10-19)29(24)21-11-7-4-8-12-21/h3-16,25H,1-2H3/b27-23-. The summed E-state index contributed by atoms with van der Waals surface area (Å²) in [4.78, 5) is 12.3. The molecule has 0 saturated heterocycles. The Bertz CT molecular complexity index is 1200. The van der Waals surface area contributed by atoms with Crippen molar-refractivity contribution in [2.45, 2.75) is 19.0 Å². The molecule has 0 aliphatic carbocycles. The molecule has 0 aliphatic heterocycles. The number of thioether (sulfide) groups is 1. The second-order valence-corrected chi connectivity index (χ2v) is 7.85. The number of hydrogen-bond acceptors (Lipinski definition) is 6. The third kappa shape index (κ3) is 4.90. The monoisotopic (exact) mass is 427 g/mol. The van der Waals surface area contributed by atoms with Crippen LogP contribution >= 0.6 is 11.8 Å². The summed E-state index contributed by atoms with van der Waals surface area (Å²) in [6, 6.07) is 27.5. The summed E-state index contributed by atoms with van der Waals surface area (Å²) in [7, 11) is 0. The summed E-state index contributed by atoms with van der Waals surface area (Å²) >= 11 is 1.18. The highest BCUT2D eigenvalue weighted by molar-refractivity contribution is 8.15. The predicted octanol–water partition coefficient (Wildman–Crippen LogP) is 5.35. The SMILES string of the molecule is CC(=O)/C(=N/Nc1ccc(C)cc1)Sc1nnc(-c2ccccc2)n1-c1ccccc1. The van der Waals surface area contributed by atoms with Gasteiger partial charge in [0.25, 0.3) is 0 Å². The number of nitrogens with one attached hydrogen (secondary N) is 1. The van der Waals surface area contributed by atoms with Crippen LogP contribution in [0.3, 0.4) is 0 Å². The number of nitrogens with zero attached hydrogens (tertiary/aromatic N) is 4. The van der Waals surface area contributed by atoms with Crippen LogP contribution in [0.25, 0.3) is 17.1 Å². The average Bonchev–Trinajstić information content (AvgIpc) is 3.22. The van der Waals surface area contributed by atoms with E-state index in [0.29, 0.717) is 16.0 Å². The van der Waals surface area contributed by atoms with Crippen LogP contribution in [0.1, 0.15) is 12.5 Å². The number of para-hydroxylation sites is 1. The van der Waals surface area contributed by atoms with Crippen molar-refractivity contribution in [2.75, 3.05) is 5.43 Å². The number of anilines is 1. The molecule has 6 nitrogen and oxygen atoms in total. The number of hydrazone groups is 1. The van der Waals surface area contributed by atoms with Gasteiger partial charge in [-0.1, -0.05) is 66.2 Å². The van der Waals surface area contributed by atoms with Gasteiger partial charge in [-0.15, -0.1) is 10.2 Å². The quantitative estimate of drug-likeness (QED) is 0.194. The van der Waals surface area contributed by atoms with Gasteiger partial charge in [-0.05, 0) is 43.0 Å². The maximum Gasteiger partial charge on any atom is 0.202 e. The molecule has 0 spiro atoms. The van der Waals surface area contributed by atoms with Gasteiger partial charge in [-0.2, -0.15) is 5.10 Å². The molecule has 1 aromatic heterocycles. The van der Waals surface area contributed by atoms with Gasteiger partial charge in [0.1, 0.15) is 0 Å². The molecule has 0 aliphatic rings. The topological polar surface area (TPSA) is 72.2 Å². The van der Waals surface area contributed by atoms with Crippen LogP contribution in [0.4, 0.5) is 5.69 Å². The van der Waals surface area contributed by atoms with Gasteiger partial charge in [0.05, 0.1) is 5.69 Å². The van der Waals surface area contributed by atoms with E-state index in [1.807, 2.05) is 96.4 Å². The summed E-state index contributed by atoms with van der Waals surface area (Å²) < 4.78 is 1.93. The third-order valence-corrected chi connectivity index (χ3v) is 5.53. The fourth-order valence-electron chi connectivity index (χ4n) is 2.92. The van der Waals surface area contributed by atoms with Crippen molar-refractivity contribution in [3.63, 3.8) is 0 Å². The first-order valence-electron chi connectivity index (χ1n) is 9.77. The van der Waals surface area contributed by atoms with Crippen LogP contribution in [0.2, 0.25) is 0 Å². The fourth-order valence-corrected chi connectivity index (χ4v) is 3.70. The van der Waals surface area contributed by atoms with Gasteiger partial charge in [0.15, 0.2) is 16.7 Å². The van der Waals surface area contributed by atoms with Crippen LogP contribution in [0, 0.1) is 6.92 Å². The number of aromatic nitrogens is 3. The minimum Gasteiger partial charge on any atom is -0.292 e. The van der Waals surface area contributed by atoms with Gasteiger partial charge >= 0.3 is 0 Å². The van der Waals surface area contributed by atoms with E-state index in [2.05, 4.69) is 20.7 Å². The molecule has 3 aromatic carbocycles. The zero-order valence-corrected chi connectivity index (χ0v) is 18.0. The van der Waals surface area contributed by atoms with Crippen molar-refractivity contribution in [1.29, 1.82) is 0 Å². The third-order valence-electron chi connectivity index (χ3n) is 4.51. The highest BCUT2D eigenvalue weighted by atomic mass is 32.2. The number of aryl methyl sites for hydroxylation is 1. The fraction of sp³-hybridized carbons (Fsp3) is 0.0833. The molecule has 0 radical (unpaired) electrons. The molecule has 31 heavy (non-hydrogen) atoms. The molecule has 0 atom stereocenters. The Hall–Kier alpha value is -3.71. The molecule has 0 bridgehead atoms. The second kappa shape index (κ2) is 9.40. The number of ketones is 1. The van der Waals surface area contributed by atoms with Crippen molar-refractivity contribution < 1.29 is 4.79 Å². The van der Waals surface area contributed by atoms with E-state index >= 15 is 0 Å². The Morgan fingerprint density at radius 1 is 0.903 bits per heavy atom. The van der Waals surface area contributed by atoms with Gasteiger partial charge < -0.3 is 0 Å². The molecule has 0 amide bonds. The lowest BCUT2D eigenvalue weighted by molar-refractivity contribution is -0.110. The Kier molecular flexibility index (Phi) is 6.24. The summed E-state index contributed by atoms with van der Waals surface area (Å²) in [6.07, 6.45) is 0. The normalized spacial score (nSPS) is 11.4. The van der Waals surface area contributed by atoms with Crippen molar-refractivity contribution >= 4 is 28.3 Å². The lowest BCUT2D eigenvalue weighted by atomic mass is 10.2. The Balaban J connectivity index is 1.71. The van der Waals surface area contributed by atoms with Gasteiger partial charge in [-0.3, -0.25) is 14.8 Å². The number of Topliss-reactive ketones (excluding diaryl/α,β-unsaturated/α-hetero) is 1. The van der Waals surface area contributed by atoms with Gasteiger partial charge in [0, 0.05) is 18.2 Å². The maximum absolute atomic E-state index is 12.3. The molecule has 0 saturated carbocycles. The second-order valence-electron chi connectivity index (χ2n) is 6.90. The van der Waals surface area contributed by atoms with Crippen molar-refractivity contribution in [3.8, 4) is 17.1 Å². The minimum absolute atomic E-state index is 0.159. The van der Waals surface area contributed by atoms with E-state index < -0.39 is 0 Å². The van der Waals surface area contributed by atoms with Crippen LogP contribution in [-0.2, 0) is 4.79 Å². The molecule has 7 heteroatoms. The first-order chi connectivity index (χ1) is 15.1. The molecular weight excluding hydrogens is 406 g/mol. The molecule has 0 fully saturated rings. The molecule has 1 heterocycles. The van der Waals surface area contributed by atoms with Crippen molar-refractivity contribution in [3.05, 3.63) is 90.5 Å². The zero-order chi connectivity index (χ0) is 21.6. The number of hydrogen-bond donors (Lipinski definition) is 1. The highest BCUT2D eigenvalue weighted by Crippen LogP contribution is 2.28. The van der Waals surface area contributed by atoms with E-state index in [1.54, 1.807) is 0 Å². The summed E-state index contributed by atoms with van der Waals surface area (Å²) in [5.74, 6) is 0.539. The van der Waals surface area contributed by atoms with Crippen LogP contribution in [0.5, 0.6) is 0 Å². The van der Waals surface area contributed by atoms with Crippen molar-refractivity contribution in [1.82, 2.24) is 14.8 Å². The number of carbonyl (C=O) groups is 1. The average molecular weight is 428 g/mol. The van der Waals surface area contributed by atoms with Crippen molar-refractivity contribution in [2.24, 2.45) is 5.10 Å². The predicted molar refractivity (Wildman–Crippen MR) is 126 cm³/mol. The van der Waals surface area contributed by atoms with E-state index in [-0.39, 0.29) is 5.78 Å². The highest BCUT2D eigenvalue weighted by Gasteiger charge is 2.20. The molecule has 1 N–H and O–H groups in total. The lowest BCUT2D eigenvalue weighted by Gasteiger charge is -2.10. The number of benzene rings is 3. The van der Waals surface area contributed by atoms with E-state index in [9.17, 15) is 4.79 Å². The Morgan fingerprint density at radius 2 is 1.55 bits per heavy atom. The van der Waals surface area contributed by atoms with E-state index in [0.717, 1.165) is 22.5 Å². The molecule has 154 valence electrons. The molecule has 0 unspecified atom stereocenters. The smallest absolute Gasteiger partial charge is 0.202 e. The molecular formula is C24H21N5OS. The van der Waals surface area contributed by atoms with Gasteiger partial charge in [0.2, 0.25) is 5.16 Å². The van der Waals surface area contributed by atoms with E-state index in [1.165, 1.54) is 18.7 Å². The van der Waals surface area contributed by atoms with E-state index in [4.69, 9.17) is 0 Å². The molecule has 4 aromatic rings.